The van der Waals surface area contributed by atoms with Gasteiger partial charge in [0.2, 0.25) is 0 Å². The Kier molecular flexibility index (Phi) is 10.8. The zero-order valence-corrected chi connectivity index (χ0v) is 21.6. The van der Waals surface area contributed by atoms with Gasteiger partial charge in [-0.2, -0.15) is 0 Å². The summed E-state index contributed by atoms with van der Waals surface area (Å²) in [4.78, 5) is 8.24. The molecule has 0 aliphatic rings. The lowest BCUT2D eigenvalue weighted by molar-refractivity contribution is 0.662. The molecule has 0 aromatic rings. The second-order valence-corrected chi connectivity index (χ2v) is 21.4. The van der Waals surface area contributed by atoms with Crippen LogP contribution in [0.2, 0.25) is 33.2 Å². The van der Waals surface area contributed by atoms with Crippen LogP contribution in [-0.2, 0) is 0 Å². The van der Waals surface area contributed by atoms with Gasteiger partial charge in [-0.1, -0.05) is 83.1 Å². The first kappa shape index (κ1) is 25.4. The molecule has 152 valence electrons. The van der Waals surface area contributed by atoms with E-state index in [1.165, 1.54) is 19.5 Å². The second kappa shape index (κ2) is 10.6. The van der Waals surface area contributed by atoms with Gasteiger partial charge in [-0.25, -0.2) is 0 Å². The largest absolute Gasteiger partial charge is 0.336 e. The van der Waals surface area contributed by atoms with Crippen molar-refractivity contribution in [2.24, 2.45) is 0 Å². The monoisotopic (exact) mass is 386 g/mol. The van der Waals surface area contributed by atoms with Crippen LogP contribution >= 0.6 is 0 Å². The van der Waals surface area contributed by atoms with Gasteiger partial charge in [-0.05, 0) is 52.8 Å². The second-order valence-electron chi connectivity index (χ2n) is 10.0. The van der Waals surface area contributed by atoms with Crippen molar-refractivity contribution in [1.29, 1.82) is 0 Å². The summed E-state index contributed by atoms with van der Waals surface area (Å²) in [5, 5.41) is 0. The van der Waals surface area contributed by atoms with Gasteiger partial charge in [0.25, 0.3) is 0 Å². The van der Waals surface area contributed by atoms with Crippen molar-refractivity contribution in [3.05, 3.63) is 0 Å². The van der Waals surface area contributed by atoms with Crippen LogP contribution in [0.5, 0.6) is 0 Å². The SMILES string of the molecule is CC(C)[Si](NCCCN[Si](C(C)C)(C(C)C)C(C)C)(C(C)C)C(C)C. The fourth-order valence-corrected chi connectivity index (χ4v) is 17.6. The van der Waals surface area contributed by atoms with Crippen LogP contribution in [0.4, 0.5) is 0 Å². The van der Waals surface area contributed by atoms with Crippen LogP contribution in [0, 0.1) is 0 Å². The van der Waals surface area contributed by atoms with Gasteiger partial charge in [0.15, 0.2) is 0 Å². The lowest BCUT2D eigenvalue weighted by Crippen LogP contribution is -2.60. The molecule has 4 heteroatoms. The highest BCUT2D eigenvalue weighted by molar-refractivity contribution is 6.81. The van der Waals surface area contributed by atoms with E-state index < -0.39 is 16.5 Å². The molecule has 0 amide bonds. The highest BCUT2D eigenvalue weighted by Crippen LogP contribution is 2.40. The first-order valence-electron chi connectivity index (χ1n) is 10.9. The zero-order chi connectivity index (χ0) is 20.0. The quantitative estimate of drug-likeness (QED) is 0.281. The predicted molar refractivity (Wildman–Crippen MR) is 123 cm³/mol. The Morgan fingerprint density at radius 3 is 0.800 bits per heavy atom. The Balaban J connectivity index is 4.85. The molecular formula is C21H50N2Si2. The third-order valence-corrected chi connectivity index (χ3v) is 20.1. The summed E-state index contributed by atoms with van der Waals surface area (Å²) < 4.78 is 0. The molecule has 2 N–H and O–H groups in total. The van der Waals surface area contributed by atoms with Crippen molar-refractivity contribution in [2.75, 3.05) is 13.1 Å². The van der Waals surface area contributed by atoms with E-state index in [2.05, 4.69) is 93.0 Å². The fourth-order valence-electron chi connectivity index (χ4n) is 5.92. The van der Waals surface area contributed by atoms with E-state index in [1.807, 2.05) is 0 Å². The summed E-state index contributed by atoms with van der Waals surface area (Å²) in [6.45, 7) is 31.6. The van der Waals surface area contributed by atoms with E-state index in [1.54, 1.807) is 0 Å². The van der Waals surface area contributed by atoms with Crippen LogP contribution in [0.1, 0.15) is 89.5 Å². The molecule has 0 atom stereocenters. The highest BCUT2D eigenvalue weighted by Gasteiger charge is 2.43. The van der Waals surface area contributed by atoms with Gasteiger partial charge in [0.1, 0.15) is 16.5 Å². The molecule has 0 aliphatic heterocycles. The number of rotatable bonds is 12. The van der Waals surface area contributed by atoms with Gasteiger partial charge in [-0.3, -0.25) is 0 Å². The topological polar surface area (TPSA) is 24.1 Å². The molecule has 25 heavy (non-hydrogen) atoms. The van der Waals surface area contributed by atoms with Crippen LogP contribution in [0.3, 0.4) is 0 Å². The average molecular weight is 387 g/mol. The lowest BCUT2D eigenvalue weighted by atomic mass is 10.4. The molecule has 0 aromatic carbocycles. The van der Waals surface area contributed by atoms with Gasteiger partial charge in [0, 0.05) is 0 Å². The van der Waals surface area contributed by atoms with E-state index in [0.29, 0.717) is 0 Å². The Bertz CT molecular complexity index is 285. The third-order valence-electron chi connectivity index (χ3n) is 6.95. The summed E-state index contributed by atoms with van der Waals surface area (Å²) in [7, 11) is -2.91. The molecule has 0 bridgehead atoms. The average Bonchev–Trinajstić information content (AvgIpc) is 2.44. The van der Waals surface area contributed by atoms with Gasteiger partial charge < -0.3 is 9.96 Å². The van der Waals surface area contributed by atoms with E-state index in [4.69, 9.17) is 0 Å². The Labute approximate surface area is 162 Å². The molecule has 0 aliphatic carbocycles. The summed E-state index contributed by atoms with van der Waals surface area (Å²) in [6, 6.07) is 0. The molecule has 0 rings (SSSR count). The smallest absolute Gasteiger partial charge is 0.133 e. The van der Waals surface area contributed by atoms with Gasteiger partial charge >= 0.3 is 0 Å². The van der Waals surface area contributed by atoms with Crippen molar-refractivity contribution in [3.8, 4) is 0 Å². The van der Waals surface area contributed by atoms with E-state index >= 15 is 0 Å². The number of hydrogen-bond acceptors (Lipinski definition) is 2. The minimum atomic E-state index is -1.46. The summed E-state index contributed by atoms with van der Waals surface area (Å²) in [5.41, 5.74) is 4.73. The fraction of sp³-hybridized carbons (Fsp3) is 1.00. The summed E-state index contributed by atoms with van der Waals surface area (Å²) in [5.74, 6) is 0. The lowest BCUT2D eigenvalue weighted by Gasteiger charge is -2.45. The molecular weight excluding hydrogens is 336 g/mol. The Hall–Kier alpha value is 0.354. The van der Waals surface area contributed by atoms with Crippen LogP contribution < -0.4 is 9.96 Å². The third kappa shape index (κ3) is 5.66. The van der Waals surface area contributed by atoms with Gasteiger partial charge in [-0.15, -0.1) is 0 Å². The van der Waals surface area contributed by atoms with Gasteiger partial charge in [0.05, 0.1) is 0 Å². The Morgan fingerprint density at radius 2 is 0.640 bits per heavy atom. The maximum absolute atomic E-state index is 4.12. The van der Waals surface area contributed by atoms with Crippen LogP contribution in [0.25, 0.3) is 0 Å². The maximum atomic E-state index is 4.12. The molecule has 0 unspecified atom stereocenters. The first-order chi connectivity index (χ1) is 11.4. The van der Waals surface area contributed by atoms with E-state index in [0.717, 1.165) is 33.2 Å². The normalized spacial score (nSPS) is 14.2. The van der Waals surface area contributed by atoms with Crippen LogP contribution in [-0.4, -0.2) is 29.6 Å². The maximum Gasteiger partial charge on any atom is 0.133 e. The Morgan fingerprint density at radius 1 is 0.440 bits per heavy atom. The van der Waals surface area contributed by atoms with Crippen molar-refractivity contribution < 1.29 is 0 Å². The first-order valence-corrected chi connectivity index (χ1v) is 15.3. The highest BCUT2D eigenvalue weighted by atomic mass is 28.3. The predicted octanol–water partition coefficient (Wildman–Crippen LogP) is 6.91. The number of hydrogen-bond donors (Lipinski definition) is 2. The molecule has 2 nitrogen and oxygen atoms in total. The molecule has 0 spiro atoms. The van der Waals surface area contributed by atoms with Crippen molar-refractivity contribution in [2.45, 2.75) is 123 Å². The molecule has 0 heterocycles. The zero-order valence-electron chi connectivity index (χ0n) is 19.6. The van der Waals surface area contributed by atoms with Crippen molar-refractivity contribution in [1.82, 2.24) is 9.96 Å². The minimum absolute atomic E-state index is 0.788. The van der Waals surface area contributed by atoms with Crippen molar-refractivity contribution in [3.63, 3.8) is 0 Å². The van der Waals surface area contributed by atoms with E-state index in [9.17, 15) is 0 Å². The van der Waals surface area contributed by atoms with Crippen LogP contribution in [0.15, 0.2) is 0 Å². The molecule has 0 aromatic heterocycles. The molecule has 0 saturated carbocycles. The molecule has 0 radical (unpaired) electrons. The summed E-state index contributed by atoms with van der Waals surface area (Å²) >= 11 is 0. The summed E-state index contributed by atoms with van der Waals surface area (Å²) in [6.07, 6.45) is 1.25. The number of nitrogens with one attached hydrogen (secondary N) is 2. The minimum Gasteiger partial charge on any atom is -0.336 e. The van der Waals surface area contributed by atoms with Crippen molar-refractivity contribution >= 4 is 16.5 Å². The standard InChI is InChI=1S/C21H50N2Si2/c1-16(2)24(17(3)4,18(5)6)22-14-13-15-23-25(19(7)8,20(9)10)21(11)12/h16-23H,13-15H2,1-12H3. The molecule has 0 fully saturated rings. The van der Waals surface area contributed by atoms with E-state index in [-0.39, 0.29) is 0 Å². The molecule has 0 saturated heterocycles.